The molecule has 0 bridgehead atoms. The minimum atomic E-state index is -0.498. The number of rotatable bonds is 6. The highest BCUT2D eigenvalue weighted by molar-refractivity contribution is 6.22. The number of esters is 1. The third kappa shape index (κ3) is 4.06. The summed E-state index contributed by atoms with van der Waals surface area (Å²) in [5.41, 5.74) is 1.93. The Morgan fingerprint density at radius 2 is 1.78 bits per heavy atom. The lowest BCUT2D eigenvalue weighted by Crippen LogP contribution is -2.39. The number of hydrogen-bond donors (Lipinski definition) is 0. The number of amides is 2. The van der Waals surface area contributed by atoms with Crippen LogP contribution in [0.25, 0.3) is 0 Å². The van der Waals surface area contributed by atoms with Gasteiger partial charge in [0.05, 0.1) is 30.3 Å². The maximum absolute atomic E-state index is 12.8. The third-order valence-corrected chi connectivity index (χ3v) is 4.57. The van der Waals surface area contributed by atoms with Gasteiger partial charge in [-0.15, -0.1) is 0 Å². The first-order valence-electron chi connectivity index (χ1n) is 8.89. The Kier molecular flexibility index (Phi) is 5.66. The number of carbonyl (C=O) groups is 3. The molecule has 1 aliphatic heterocycles. The maximum Gasteiger partial charge on any atom is 0.338 e. The minimum absolute atomic E-state index is 0.141. The summed E-state index contributed by atoms with van der Waals surface area (Å²) in [4.78, 5) is 40.1. The number of likely N-dealkylation sites (N-methyl/N-ethyl adjacent to an activating group) is 1. The smallest absolute Gasteiger partial charge is 0.338 e. The topological polar surface area (TPSA) is 66.9 Å². The van der Waals surface area contributed by atoms with Crippen LogP contribution in [-0.2, 0) is 20.9 Å². The molecule has 1 atom stereocenters. The van der Waals surface area contributed by atoms with Crippen LogP contribution < -0.4 is 4.90 Å². The standard InChI is InChI=1S/C21H22N2O4/c1-3-27-21(26)16-9-11-17(12-10-16)23-19(24)13-18(20(23)25)22(2)14-15-7-5-4-6-8-15/h4-12,18H,3,13-14H2,1-2H3/t18-/m0/s1. The van der Waals surface area contributed by atoms with E-state index in [2.05, 4.69) is 0 Å². The molecular weight excluding hydrogens is 344 g/mol. The first kappa shape index (κ1) is 18.8. The lowest BCUT2D eigenvalue weighted by Gasteiger charge is -2.23. The lowest BCUT2D eigenvalue weighted by atomic mass is 10.1. The van der Waals surface area contributed by atoms with Crippen molar-refractivity contribution in [3.05, 3.63) is 65.7 Å². The van der Waals surface area contributed by atoms with E-state index in [1.807, 2.05) is 42.3 Å². The van der Waals surface area contributed by atoms with Gasteiger partial charge in [-0.3, -0.25) is 14.5 Å². The van der Waals surface area contributed by atoms with Crippen molar-refractivity contribution in [1.82, 2.24) is 4.90 Å². The molecule has 0 N–H and O–H groups in total. The Morgan fingerprint density at radius 3 is 2.41 bits per heavy atom. The van der Waals surface area contributed by atoms with Crippen molar-refractivity contribution >= 4 is 23.5 Å². The van der Waals surface area contributed by atoms with E-state index in [0.717, 1.165) is 5.56 Å². The molecule has 1 fully saturated rings. The summed E-state index contributed by atoms with van der Waals surface area (Å²) >= 11 is 0. The molecule has 2 amide bonds. The Hall–Kier alpha value is -2.99. The summed E-state index contributed by atoms with van der Waals surface area (Å²) in [5.74, 6) is -0.917. The van der Waals surface area contributed by atoms with Crippen LogP contribution in [0.3, 0.4) is 0 Å². The molecule has 0 unspecified atom stereocenters. The molecule has 0 spiro atoms. The van der Waals surface area contributed by atoms with Crippen LogP contribution in [0.4, 0.5) is 5.69 Å². The van der Waals surface area contributed by atoms with Crippen LogP contribution in [0.2, 0.25) is 0 Å². The number of benzene rings is 2. The van der Waals surface area contributed by atoms with Crippen molar-refractivity contribution in [3.8, 4) is 0 Å². The van der Waals surface area contributed by atoms with Crippen LogP contribution in [0.15, 0.2) is 54.6 Å². The zero-order valence-corrected chi connectivity index (χ0v) is 15.4. The van der Waals surface area contributed by atoms with Gasteiger partial charge in [0.2, 0.25) is 5.91 Å². The van der Waals surface area contributed by atoms with Gasteiger partial charge in [-0.2, -0.15) is 0 Å². The van der Waals surface area contributed by atoms with Gasteiger partial charge in [0.1, 0.15) is 0 Å². The lowest BCUT2D eigenvalue weighted by molar-refractivity contribution is -0.122. The van der Waals surface area contributed by atoms with Crippen LogP contribution in [0.1, 0.15) is 29.3 Å². The molecule has 6 nitrogen and oxygen atoms in total. The molecule has 1 heterocycles. The Balaban J connectivity index is 1.73. The fourth-order valence-corrected chi connectivity index (χ4v) is 3.17. The normalized spacial score (nSPS) is 16.9. The minimum Gasteiger partial charge on any atom is -0.462 e. The van der Waals surface area contributed by atoms with Crippen molar-refractivity contribution in [3.63, 3.8) is 0 Å². The second-order valence-electron chi connectivity index (χ2n) is 6.46. The van der Waals surface area contributed by atoms with Gasteiger partial charge in [0.25, 0.3) is 5.91 Å². The van der Waals surface area contributed by atoms with E-state index in [0.29, 0.717) is 24.4 Å². The number of anilines is 1. The molecule has 27 heavy (non-hydrogen) atoms. The Bertz CT molecular complexity index is 833. The predicted octanol–water partition coefficient (Wildman–Crippen LogP) is 2.63. The van der Waals surface area contributed by atoms with Gasteiger partial charge in [-0.1, -0.05) is 30.3 Å². The summed E-state index contributed by atoms with van der Waals surface area (Å²) in [7, 11) is 1.84. The quantitative estimate of drug-likeness (QED) is 0.581. The molecule has 1 saturated heterocycles. The molecule has 0 radical (unpaired) electrons. The van der Waals surface area contributed by atoms with Crippen LogP contribution in [-0.4, -0.2) is 42.4 Å². The SMILES string of the molecule is CCOC(=O)c1ccc(N2C(=O)C[C@H](N(C)Cc3ccccc3)C2=O)cc1. The molecule has 3 rings (SSSR count). The number of imide groups is 1. The number of nitrogens with zero attached hydrogens (tertiary/aromatic N) is 2. The molecule has 6 heteroatoms. The number of ether oxygens (including phenoxy) is 1. The number of hydrogen-bond acceptors (Lipinski definition) is 5. The molecular formula is C21H22N2O4. The van der Waals surface area contributed by atoms with Gasteiger partial charge in [-0.05, 0) is 43.8 Å². The highest BCUT2D eigenvalue weighted by atomic mass is 16.5. The van der Waals surface area contributed by atoms with Crippen molar-refractivity contribution in [2.24, 2.45) is 0 Å². The Labute approximate surface area is 158 Å². The van der Waals surface area contributed by atoms with E-state index < -0.39 is 12.0 Å². The van der Waals surface area contributed by atoms with Crippen LogP contribution >= 0.6 is 0 Å². The fourth-order valence-electron chi connectivity index (χ4n) is 3.17. The molecule has 2 aromatic carbocycles. The second-order valence-corrected chi connectivity index (χ2v) is 6.46. The molecule has 0 aromatic heterocycles. The summed E-state index contributed by atoms with van der Waals surface area (Å²) in [6, 6.07) is 15.6. The van der Waals surface area contributed by atoms with Gasteiger partial charge in [0.15, 0.2) is 0 Å². The van der Waals surface area contributed by atoms with E-state index in [-0.39, 0.29) is 18.2 Å². The van der Waals surface area contributed by atoms with E-state index in [1.54, 1.807) is 31.2 Å². The third-order valence-electron chi connectivity index (χ3n) is 4.57. The van der Waals surface area contributed by atoms with Crippen LogP contribution in [0, 0.1) is 0 Å². The monoisotopic (exact) mass is 366 g/mol. The first-order valence-corrected chi connectivity index (χ1v) is 8.89. The Morgan fingerprint density at radius 1 is 1.11 bits per heavy atom. The average Bonchev–Trinajstić information content (AvgIpc) is 2.97. The van der Waals surface area contributed by atoms with E-state index in [4.69, 9.17) is 4.74 Å². The fraction of sp³-hybridized carbons (Fsp3) is 0.286. The highest BCUT2D eigenvalue weighted by Gasteiger charge is 2.41. The molecule has 140 valence electrons. The van der Waals surface area contributed by atoms with Gasteiger partial charge in [0, 0.05) is 6.54 Å². The zero-order chi connectivity index (χ0) is 19.4. The second kappa shape index (κ2) is 8.14. The van der Waals surface area contributed by atoms with Gasteiger partial charge >= 0.3 is 5.97 Å². The predicted molar refractivity (Wildman–Crippen MR) is 101 cm³/mol. The summed E-state index contributed by atoms with van der Waals surface area (Å²) in [6.45, 7) is 2.61. The largest absolute Gasteiger partial charge is 0.462 e. The van der Waals surface area contributed by atoms with E-state index in [1.165, 1.54) is 4.90 Å². The molecule has 2 aromatic rings. The van der Waals surface area contributed by atoms with Crippen molar-refractivity contribution in [2.75, 3.05) is 18.6 Å². The zero-order valence-electron chi connectivity index (χ0n) is 15.4. The van der Waals surface area contributed by atoms with E-state index in [9.17, 15) is 14.4 Å². The van der Waals surface area contributed by atoms with Crippen molar-refractivity contribution < 1.29 is 19.1 Å². The summed E-state index contributed by atoms with van der Waals surface area (Å²) in [5, 5.41) is 0. The first-order chi connectivity index (χ1) is 13.0. The molecule has 0 aliphatic carbocycles. The van der Waals surface area contributed by atoms with E-state index >= 15 is 0 Å². The van der Waals surface area contributed by atoms with Crippen LogP contribution in [0.5, 0.6) is 0 Å². The number of carbonyl (C=O) groups excluding carboxylic acids is 3. The van der Waals surface area contributed by atoms with Gasteiger partial charge < -0.3 is 4.74 Å². The summed E-state index contributed by atoms with van der Waals surface area (Å²) < 4.78 is 4.95. The summed E-state index contributed by atoms with van der Waals surface area (Å²) in [6.07, 6.45) is 0.141. The van der Waals surface area contributed by atoms with Gasteiger partial charge in [-0.25, -0.2) is 9.69 Å². The highest BCUT2D eigenvalue weighted by Crippen LogP contribution is 2.26. The average molecular weight is 366 g/mol. The maximum atomic E-state index is 12.8. The van der Waals surface area contributed by atoms with Crippen molar-refractivity contribution in [2.45, 2.75) is 25.9 Å². The molecule has 1 aliphatic rings. The molecule has 0 saturated carbocycles. The van der Waals surface area contributed by atoms with Crippen molar-refractivity contribution in [1.29, 1.82) is 0 Å².